The molecule has 0 saturated heterocycles. The highest BCUT2D eigenvalue weighted by Crippen LogP contribution is 2.21. The number of methoxy groups -OCH3 is 1. The minimum atomic E-state index is -1.35. The van der Waals surface area contributed by atoms with E-state index in [2.05, 4.69) is 12.2 Å². The summed E-state index contributed by atoms with van der Waals surface area (Å²) >= 11 is 0. The number of carbonyl (C=O) groups is 2. The van der Waals surface area contributed by atoms with Crippen molar-refractivity contribution < 1.29 is 18.5 Å². The predicted octanol–water partition coefficient (Wildman–Crippen LogP) is 2.45. The van der Waals surface area contributed by atoms with Gasteiger partial charge in [0.1, 0.15) is 11.5 Å². The molecule has 0 aliphatic heterocycles. The van der Waals surface area contributed by atoms with Gasteiger partial charge in [-0.3, -0.25) is 13.8 Å². The molecule has 1 rings (SSSR count). The number of unbranched alkanes of at least 4 members (excludes halogenated alkanes) is 2. The van der Waals surface area contributed by atoms with Gasteiger partial charge in [-0.25, -0.2) is 0 Å². The molecule has 0 aliphatic rings. The summed E-state index contributed by atoms with van der Waals surface area (Å²) in [6, 6.07) is 5.04. The fourth-order valence-electron chi connectivity index (χ4n) is 2.13. The van der Waals surface area contributed by atoms with Crippen LogP contribution < -0.4 is 10.1 Å². The lowest BCUT2D eigenvalue weighted by Crippen LogP contribution is -2.29. The number of amides is 1. The minimum Gasteiger partial charge on any atom is -0.496 e. The van der Waals surface area contributed by atoms with Crippen molar-refractivity contribution in [1.82, 2.24) is 5.32 Å². The van der Waals surface area contributed by atoms with Crippen molar-refractivity contribution in [2.45, 2.75) is 38.9 Å². The average molecular weight is 339 g/mol. The maximum atomic E-state index is 12.2. The van der Waals surface area contributed by atoms with Gasteiger partial charge in [0.25, 0.3) is 0 Å². The summed E-state index contributed by atoms with van der Waals surface area (Å²) in [5.41, 5.74) is 1.22. The fraction of sp³-hybridized carbons (Fsp3) is 0.529. The van der Waals surface area contributed by atoms with Gasteiger partial charge in [0, 0.05) is 28.5 Å². The molecule has 0 aliphatic carbocycles. The molecule has 0 fully saturated rings. The van der Waals surface area contributed by atoms with Gasteiger partial charge in [-0.1, -0.05) is 19.8 Å². The molecule has 0 radical (unpaired) electrons. The lowest BCUT2D eigenvalue weighted by molar-refractivity contribution is -0.118. The molecular formula is C17H25NO4S. The van der Waals surface area contributed by atoms with Crippen molar-refractivity contribution in [3.63, 3.8) is 0 Å². The topological polar surface area (TPSA) is 72.5 Å². The first-order chi connectivity index (χ1) is 11.0. The largest absolute Gasteiger partial charge is 0.496 e. The first-order valence-electron chi connectivity index (χ1n) is 7.77. The van der Waals surface area contributed by atoms with Crippen molar-refractivity contribution in [3.8, 4) is 5.75 Å². The fourth-order valence-corrected chi connectivity index (χ4v) is 3.20. The molecule has 0 aromatic heterocycles. The Bertz CT molecular complexity index is 572. The van der Waals surface area contributed by atoms with Gasteiger partial charge < -0.3 is 10.1 Å². The van der Waals surface area contributed by atoms with Gasteiger partial charge in [-0.2, -0.15) is 0 Å². The molecule has 1 aromatic rings. The van der Waals surface area contributed by atoms with Crippen LogP contribution in [0, 0.1) is 0 Å². The Morgan fingerprint density at radius 3 is 2.61 bits per heavy atom. The van der Waals surface area contributed by atoms with Crippen LogP contribution in [0.2, 0.25) is 0 Å². The molecule has 1 atom stereocenters. The number of ether oxygens (including phenoxy) is 1. The van der Waals surface area contributed by atoms with Gasteiger partial charge in [-0.15, -0.1) is 0 Å². The SMILES string of the molecule is CCCCCNC(=O)C[S@](=O)Cc1cc(C(C)=O)ccc1OC. The Labute approximate surface area is 140 Å². The Balaban J connectivity index is 2.60. The third-order valence-corrected chi connectivity index (χ3v) is 4.62. The smallest absolute Gasteiger partial charge is 0.232 e. The van der Waals surface area contributed by atoms with E-state index in [9.17, 15) is 13.8 Å². The van der Waals surface area contributed by atoms with E-state index in [0.717, 1.165) is 19.3 Å². The van der Waals surface area contributed by atoms with Crippen LogP contribution in [-0.2, 0) is 21.3 Å². The summed E-state index contributed by atoms with van der Waals surface area (Å²) in [7, 11) is 0.178. The molecule has 0 saturated carbocycles. The number of hydrogen-bond acceptors (Lipinski definition) is 4. The first-order valence-corrected chi connectivity index (χ1v) is 9.26. The van der Waals surface area contributed by atoms with E-state index in [-0.39, 0.29) is 23.2 Å². The van der Waals surface area contributed by atoms with E-state index in [1.807, 2.05) is 0 Å². The van der Waals surface area contributed by atoms with Crippen LogP contribution in [0.5, 0.6) is 5.75 Å². The number of benzene rings is 1. The second kappa shape index (κ2) is 10.2. The van der Waals surface area contributed by atoms with Crippen LogP contribution in [0.1, 0.15) is 49.0 Å². The standard InChI is InChI=1S/C17H25NO4S/c1-4-5-6-9-18-17(20)12-23(21)11-15-10-14(13(2)19)7-8-16(15)22-3/h7-8,10H,4-6,9,11-12H2,1-3H3,(H,18,20)/t23-/m1/s1. The summed E-state index contributed by atoms with van der Waals surface area (Å²) in [6.45, 7) is 4.19. The van der Waals surface area contributed by atoms with Crippen LogP contribution >= 0.6 is 0 Å². The monoisotopic (exact) mass is 339 g/mol. The second-order valence-electron chi connectivity index (χ2n) is 5.37. The Morgan fingerprint density at radius 1 is 1.26 bits per heavy atom. The molecule has 1 N–H and O–H groups in total. The first kappa shape index (κ1) is 19.4. The molecule has 0 heterocycles. The lowest BCUT2D eigenvalue weighted by Gasteiger charge is -2.10. The van der Waals surface area contributed by atoms with E-state index < -0.39 is 10.8 Å². The van der Waals surface area contributed by atoms with Gasteiger partial charge >= 0.3 is 0 Å². The summed E-state index contributed by atoms with van der Waals surface area (Å²) < 4.78 is 17.4. The van der Waals surface area contributed by atoms with Crippen molar-refractivity contribution in [2.24, 2.45) is 0 Å². The van der Waals surface area contributed by atoms with Gasteiger partial charge in [0.05, 0.1) is 12.9 Å². The molecule has 0 unspecified atom stereocenters. The Hall–Kier alpha value is -1.69. The number of nitrogens with one attached hydrogen (secondary N) is 1. The predicted molar refractivity (Wildman–Crippen MR) is 92.2 cm³/mol. The summed E-state index contributed by atoms with van der Waals surface area (Å²) in [4.78, 5) is 23.2. The van der Waals surface area contributed by atoms with Crippen molar-refractivity contribution >= 4 is 22.5 Å². The van der Waals surface area contributed by atoms with E-state index in [4.69, 9.17) is 4.74 Å². The Morgan fingerprint density at radius 2 is 2.00 bits per heavy atom. The zero-order valence-corrected chi connectivity index (χ0v) is 14.8. The number of ketones is 1. The van der Waals surface area contributed by atoms with Gasteiger partial charge in [-0.05, 0) is 31.5 Å². The van der Waals surface area contributed by atoms with E-state index >= 15 is 0 Å². The van der Waals surface area contributed by atoms with Gasteiger partial charge in [0.15, 0.2) is 5.78 Å². The summed E-state index contributed by atoms with van der Waals surface area (Å²) in [5.74, 6) is 0.452. The van der Waals surface area contributed by atoms with Crippen LogP contribution in [0.15, 0.2) is 18.2 Å². The number of rotatable bonds is 10. The molecule has 128 valence electrons. The molecule has 5 nitrogen and oxygen atoms in total. The second-order valence-corrected chi connectivity index (χ2v) is 6.83. The molecule has 23 heavy (non-hydrogen) atoms. The maximum absolute atomic E-state index is 12.2. The van der Waals surface area contributed by atoms with E-state index in [1.54, 1.807) is 18.2 Å². The third-order valence-electron chi connectivity index (χ3n) is 3.40. The lowest BCUT2D eigenvalue weighted by atomic mass is 10.1. The Kier molecular flexibility index (Phi) is 8.55. The van der Waals surface area contributed by atoms with Crippen LogP contribution in [-0.4, -0.2) is 35.3 Å². The summed E-state index contributed by atoms with van der Waals surface area (Å²) in [5, 5.41) is 2.78. The van der Waals surface area contributed by atoms with E-state index in [0.29, 0.717) is 23.4 Å². The van der Waals surface area contributed by atoms with Crippen molar-refractivity contribution in [1.29, 1.82) is 0 Å². The van der Waals surface area contributed by atoms with Crippen LogP contribution in [0.3, 0.4) is 0 Å². The number of carbonyl (C=O) groups excluding carboxylic acids is 2. The normalized spacial score (nSPS) is 11.8. The molecular weight excluding hydrogens is 314 g/mol. The number of Topliss-reactive ketones (excluding diaryl/α,β-unsaturated/α-hetero) is 1. The molecule has 0 spiro atoms. The molecule has 0 bridgehead atoms. The zero-order valence-electron chi connectivity index (χ0n) is 14.0. The van der Waals surface area contributed by atoms with Crippen molar-refractivity contribution in [3.05, 3.63) is 29.3 Å². The highest BCUT2D eigenvalue weighted by Gasteiger charge is 2.13. The third kappa shape index (κ3) is 6.95. The number of hydrogen-bond donors (Lipinski definition) is 1. The van der Waals surface area contributed by atoms with Gasteiger partial charge in [0.2, 0.25) is 5.91 Å². The molecule has 1 aromatic carbocycles. The minimum absolute atomic E-state index is 0.0421. The van der Waals surface area contributed by atoms with Crippen LogP contribution in [0.25, 0.3) is 0 Å². The molecule has 6 heteroatoms. The zero-order chi connectivity index (χ0) is 17.2. The van der Waals surface area contributed by atoms with Crippen LogP contribution in [0.4, 0.5) is 0 Å². The quantitative estimate of drug-likeness (QED) is 0.525. The van der Waals surface area contributed by atoms with Crippen molar-refractivity contribution in [2.75, 3.05) is 19.4 Å². The highest BCUT2D eigenvalue weighted by atomic mass is 32.2. The van der Waals surface area contributed by atoms with E-state index in [1.165, 1.54) is 14.0 Å². The maximum Gasteiger partial charge on any atom is 0.232 e. The average Bonchev–Trinajstić information content (AvgIpc) is 2.51. The summed E-state index contributed by atoms with van der Waals surface area (Å²) in [6.07, 6.45) is 3.09. The highest BCUT2D eigenvalue weighted by molar-refractivity contribution is 7.84. The molecule has 1 amide bonds.